The van der Waals surface area contributed by atoms with Gasteiger partial charge in [-0.05, 0) is 44.9 Å². The first-order valence-electron chi connectivity index (χ1n) is 17.2. The second kappa shape index (κ2) is 32.1. The predicted octanol–water partition coefficient (Wildman–Crippen LogP) is 9.90. The number of carbonyl (C=O) groups is 1. The van der Waals surface area contributed by atoms with E-state index in [4.69, 9.17) is 0 Å². The number of rotatable bonds is 30. The summed E-state index contributed by atoms with van der Waals surface area (Å²) in [6.07, 6.45) is 41.4. The minimum atomic E-state index is -0.863. The lowest BCUT2D eigenvalue weighted by molar-refractivity contribution is -0.123. The van der Waals surface area contributed by atoms with Crippen molar-refractivity contribution in [3.8, 4) is 0 Å². The molecular formula is C36H67NO3. The van der Waals surface area contributed by atoms with E-state index in [1.54, 1.807) is 6.08 Å². The summed E-state index contributed by atoms with van der Waals surface area (Å²) in [5.74, 6) is -0.0980. The molecule has 0 saturated carbocycles. The van der Waals surface area contributed by atoms with Gasteiger partial charge in [0, 0.05) is 6.42 Å². The zero-order chi connectivity index (χ0) is 29.4. The van der Waals surface area contributed by atoms with Gasteiger partial charge in [0.15, 0.2) is 0 Å². The predicted molar refractivity (Wildman–Crippen MR) is 175 cm³/mol. The molecule has 3 N–H and O–H groups in total. The molecule has 4 heteroatoms. The molecule has 2 unspecified atom stereocenters. The highest BCUT2D eigenvalue weighted by atomic mass is 16.3. The highest BCUT2D eigenvalue weighted by molar-refractivity contribution is 5.76. The molecule has 0 aromatic carbocycles. The van der Waals surface area contributed by atoms with Gasteiger partial charge in [-0.15, -0.1) is 0 Å². The van der Waals surface area contributed by atoms with Crippen molar-refractivity contribution >= 4 is 5.91 Å². The largest absolute Gasteiger partial charge is 0.394 e. The first kappa shape index (κ1) is 38.6. The average Bonchev–Trinajstić information content (AvgIpc) is 2.96. The van der Waals surface area contributed by atoms with E-state index in [1.807, 2.05) is 6.08 Å². The fourth-order valence-electron chi connectivity index (χ4n) is 4.91. The van der Waals surface area contributed by atoms with E-state index in [2.05, 4.69) is 43.5 Å². The van der Waals surface area contributed by atoms with Gasteiger partial charge in [0.05, 0.1) is 18.8 Å². The van der Waals surface area contributed by atoms with Gasteiger partial charge >= 0.3 is 0 Å². The van der Waals surface area contributed by atoms with Crippen molar-refractivity contribution in [2.24, 2.45) is 0 Å². The van der Waals surface area contributed by atoms with Crippen LogP contribution in [-0.2, 0) is 4.79 Å². The van der Waals surface area contributed by atoms with Crippen LogP contribution in [0.5, 0.6) is 0 Å². The second-order valence-corrected chi connectivity index (χ2v) is 11.6. The molecule has 0 aliphatic rings. The van der Waals surface area contributed by atoms with Crippen molar-refractivity contribution in [2.45, 2.75) is 180 Å². The van der Waals surface area contributed by atoms with Gasteiger partial charge < -0.3 is 15.5 Å². The molecule has 0 radical (unpaired) electrons. The Kier molecular flexibility index (Phi) is 31.0. The van der Waals surface area contributed by atoms with E-state index >= 15 is 0 Å². The van der Waals surface area contributed by atoms with Crippen LogP contribution < -0.4 is 5.32 Å². The van der Waals surface area contributed by atoms with Gasteiger partial charge in [-0.3, -0.25) is 4.79 Å². The van der Waals surface area contributed by atoms with Crippen molar-refractivity contribution in [3.63, 3.8) is 0 Å². The number of carbonyl (C=O) groups excluding carboxylic acids is 1. The molecule has 0 fully saturated rings. The number of nitrogens with one attached hydrogen (secondary N) is 1. The maximum Gasteiger partial charge on any atom is 0.220 e. The molecule has 0 heterocycles. The summed E-state index contributed by atoms with van der Waals surface area (Å²) in [7, 11) is 0. The van der Waals surface area contributed by atoms with Gasteiger partial charge in [-0.1, -0.05) is 153 Å². The third-order valence-electron chi connectivity index (χ3n) is 7.60. The van der Waals surface area contributed by atoms with E-state index in [9.17, 15) is 15.0 Å². The standard InChI is InChI=1S/C36H67NO3/c1-3-5-7-9-10-11-12-13-14-15-16-17-18-19-20-21-22-23-24-25-26-27-28-29-31-35(39)34(33-38)37-36(40)32-30-8-6-4-2/h21-22,25-26,29,31,34-35,38-39H,3-20,23-24,27-28,30,32-33H2,1-2H3,(H,37,40)/b22-21+,26-25+,31-29+. The van der Waals surface area contributed by atoms with Crippen LogP contribution in [0.25, 0.3) is 0 Å². The lowest BCUT2D eigenvalue weighted by Gasteiger charge is -2.19. The van der Waals surface area contributed by atoms with E-state index in [0.29, 0.717) is 6.42 Å². The van der Waals surface area contributed by atoms with Crippen LogP contribution in [0.4, 0.5) is 0 Å². The fraction of sp³-hybridized carbons (Fsp3) is 0.806. The van der Waals surface area contributed by atoms with E-state index in [-0.39, 0.29) is 12.5 Å². The van der Waals surface area contributed by atoms with Gasteiger partial charge in [-0.25, -0.2) is 0 Å². The molecule has 0 aliphatic heterocycles. The number of hydrogen-bond donors (Lipinski definition) is 3. The Labute approximate surface area is 249 Å². The van der Waals surface area contributed by atoms with Gasteiger partial charge in [-0.2, -0.15) is 0 Å². The number of unbranched alkanes of at least 4 members (excludes halogenated alkanes) is 19. The molecule has 0 spiro atoms. The Morgan fingerprint density at radius 2 is 0.975 bits per heavy atom. The van der Waals surface area contributed by atoms with Crippen LogP contribution in [0.15, 0.2) is 36.5 Å². The number of aliphatic hydroxyl groups is 2. The minimum absolute atomic E-state index is 0.0980. The molecule has 0 bridgehead atoms. The van der Waals surface area contributed by atoms with Crippen molar-refractivity contribution in [3.05, 3.63) is 36.5 Å². The van der Waals surface area contributed by atoms with Crippen molar-refractivity contribution < 1.29 is 15.0 Å². The van der Waals surface area contributed by atoms with Crippen LogP contribution in [0, 0.1) is 0 Å². The van der Waals surface area contributed by atoms with E-state index < -0.39 is 12.1 Å². The Morgan fingerprint density at radius 3 is 1.45 bits per heavy atom. The second-order valence-electron chi connectivity index (χ2n) is 11.6. The topological polar surface area (TPSA) is 69.6 Å². The maximum absolute atomic E-state index is 12.0. The maximum atomic E-state index is 12.0. The lowest BCUT2D eigenvalue weighted by atomic mass is 10.0. The summed E-state index contributed by atoms with van der Waals surface area (Å²) in [6, 6.07) is -0.637. The van der Waals surface area contributed by atoms with Crippen LogP contribution in [-0.4, -0.2) is 34.9 Å². The molecule has 0 aromatic heterocycles. The number of allylic oxidation sites excluding steroid dienone is 5. The monoisotopic (exact) mass is 562 g/mol. The first-order chi connectivity index (χ1) is 19.7. The summed E-state index contributed by atoms with van der Waals surface area (Å²) < 4.78 is 0. The fourth-order valence-corrected chi connectivity index (χ4v) is 4.91. The Morgan fingerprint density at radius 1 is 0.575 bits per heavy atom. The molecule has 0 aliphatic carbocycles. The van der Waals surface area contributed by atoms with Crippen molar-refractivity contribution in [1.82, 2.24) is 5.32 Å². The highest BCUT2D eigenvalue weighted by Gasteiger charge is 2.17. The summed E-state index contributed by atoms with van der Waals surface area (Å²) in [5.41, 5.74) is 0. The quantitative estimate of drug-likeness (QED) is 0.0603. The SMILES string of the molecule is CCCCCCCCCCCCCCCC/C=C/CC/C=C/CC/C=C/C(O)C(CO)NC(=O)CCCCCC. The molecule has 0 aromatic rings. The van der Waals surface area contributed by atoms with Gasteiger partial charge in [0.25, 0.3) is 0 Å². The van der Waals surface area contributed by atoms with Crippen LogP contribution in [0.1, 0.15) is 168 Å². The lowest BCUT2D eigenvalue weighted by Crippen LogP contribution is -2.45. The van der Waals surface area contributed by atoms with Crippen LogP contribution in [0.3, 0.4) is 0 Å². The van der Waals surface area contributed by atoms with Crippen LogP contribution in [0.2, 0.25) is 0 Å². The molecule has 2 atom stereocenters. The molecule has 0 rings (SSSR count). The molecule has 0 saturated heterocycles. The van der Waals surface area contributed by atoms with Gasteiger partial charge in [0.1, 0.15) is 0 Å². The minimum Gasteiger partial charge on any atom is -0.394 e. The van der Waals surface area contributed by atoms with E-state index in [0.717, 1.165) is 51.4 Å². The molecule has 234 valence electrons. The molecule has 40 heavy (non-hydrogen) atoms. The Hall–Kier alpha value is -1.39. The first-order valence-corrected chi connectivity index (χ1v) is 17.2. The summed E-state index contributed by atoms with van der Waals surface area (Å²) in [5, 5.41) is 22.5. The Bertz CT molecular complexity index is 613. The van der Waals surface area contributed by atoms with Gasteiger partial charge in [0.2, 0.25) is 5.91 Å². The highest BCUT2D eigenvalue weighted by Crippen LogP contribution is 2.13. The number of amides is 1. The normalized spacial score (nSPS) is 13.6. The van der Waals surface area contributed by atoms with Crippen molar-refractivity contribution in [1.29, 1.82) is 0 Å². The van der Waals surface area contributed by atoms with Crippen LogP contribution >= 0.6 is 0 Å². The number of hydrogen-bond acceptors (Lipinski definition) is 3. The molecule has 1 amide bonds. The zero-order valence-corrected chi connectivity index (χ0v) is 26.6. The number of aliphatic hydroxyl groups excluding tert-OH is 2. The Balaban J connectivity index is 3.57. The van der Waals surface area contributed by atoms with E-state index in [1.165, 1.54) is 96.3 Å². The molecule has 4 nitrogen and oxygen atoms in total. The summed E-state index contributed by atoms with van der Waals surface area (Å²) in [4.78, 5) is 12.0. The smallest absolute Gasteiger partial charge is 0.220 e. The summed E-state index contributed by atoms with van der Waals surface area (Å²) >= 11 is 0. The zero-order valence-electron chi connectivity index (χ0n) is 26.6. The molecular weight excluding hydrogens is 494 g/mol. The third kappa shape index (κ3) is 28.1. The summed E-state index contributed by atoms with van der Waals surface area (Å²) in [6.45, 7) is 4.16. The average molecular weight is 562 g/mol. The third-order valence-corrected chi connectivity index (χ3v) is 7.60. The van der Waals surface area contributed by atoms with Crippen molar-refractivity contribution in [2.75, 3.05) is 6.61 Å².